The molecule has 0 aliphatic heterocycles. The summed E-state index contributed by atoms with van der Waals surface area (Å²) in [5.74, 6) is -1.27. The second-order valence-electron chi connectivity index (χ2n) is 3.70. The van der Waals surface area contributed by atoms with Crippen molar-refractivity contribution in [3.63, 3.8) is 0 Å². The maximum atomic E-state index is 10.6. The van der Waals surface area contributed by atoms with Crippen molar-refractivity contribution in [3.8, 4) is 0 Å². The molecule has 2 aromatic rings. The van der Waals surface area contributed by atoms with Crippen LogP contribution < -0.4 is 0 Å². The lowest BCUT2D eigenvalue weighted by molar-refractivity contribution is -0.146. The van der Waals surface area contributed by atoms with Crippen molar-refractivity contribution in [2.75, 3.05) is 0 Å². The Balaban J connectivity index is 2.11. The highest BCUT2D eigenvalue weighted by atomic mass is 16.4. The average molecular weight is 232 g/mol. The highest BCUT2D eigenvalue weighted by molar-refractivity contribution is 5.73. The summed E-state index contributed by atoms with van der Waals surface area (Å²) in [6.07, 6.45) is 1.38. The molecule has 5 heteroatoms. The quantitative estimate of drug-likeness (QED) is 0.826. The van der Waals surface area contributed by atoms with Gasteiger partial charge in [0.05, 0.1) is 12.7 Å². The minimum absolute atomic E-state index is 0.286. The first-order valence-electron chi connectivity index (χ1n) is 5.14. The lowest BCUT2D eigenvalue weighted by Gasteiger charge is -2.02. The summed E-state index contributed by atoms with van der Waals surface area (Å²) in [5, 5.41) is 22.0. The van der Waals surface area contributed by atoms with Gasteiger partial charge in [0.2, 0.25) is 0 Å². The molecule has 2 rings (SSSR count). The molecular weight excluding hydrogens is 220 g/mol. The Morgan fingerprint density at radius 3 is 2.71 bits per heavy atom. The number of hydrogen-bond donors (Lipinski definition) is 2. The van der Waals surface area contributed by atoms with E-state index in [2.05, 4.69) is 5.10 Å². The summed E-state index contributed by atoms with van der Waals surface area (Å²) in [6.45, 7) is 0.549. The fourth-order valence-electron chi connectivity index (χ4n) is 1.52. The summed E-state index contributed by atoms with van der Waals surface area (Å²) < 4.78 is 1.59. The first kappa shape index (κ1) is 11.3. The minimum atomic E-state index is -1.51. The van der Waals surface area contributed by atoms with Gasteiger partial charge in [0.25, 0.3) is 0 Å². The van der Waals surface area contributed by atoms with Gasteiger partial charge in [-0.1, -0.05) is 30.3 Å². The third-order valence-electron chi connectivity index (χ3n) is 2.39. The predicted molar refractivity (Wildman–Crippen MR) is 60.4 cm³/mol. The second kappa shape index (κ2) is 4.80. The van der Waals surface area contributed by atoms with Crippen molar-refractivity contribution < 1.29 is 15.0 Å². The number of rotatable bonds is 4. The Kier molecular flexibility index (Phi) is 3.20. The van der Waals surface area contributed by atoms with Crippen LogP contribution in [0.5, 0.6) is 0 Å². The summed E-state index contributed by atoms with van der Waals surface area (Å²) in [7, 11) is 0. The first-order chi connectivity index (χ1) is 8.16. The molecular formula is C12H12N2O3. The van der Waals surface area contributed by atoms with E-state index in [0.717, 1.165) is 5.56 Å². The lowest BCUT2D eigenvalue weighted by Crippen LogP contribution is -2.09. The van der Waals surface area contributed by atoms with Crippen LogP contribution in [-0.4, -0.2) is 26.0 Å². The zero-order valence-electron chi connectivity index (χ0n) is 9.02. The molecule has 1 aromatic carbocycles. The van der Waals surface area contributed by atoms with Crippen LogP contribution in [0.25, 0.3) is 0 Å². The number of benzene rings is 1. The van der Waals surface area contributed by atoms with Crippen LogP contribution in [0, 0.1) is 0 Å². The number of aliphatic hydroxyl groups is 1. The molecule has 2 N–H and O–H groups in total. The van der Waals surface area contributed by atoms with Gasteiger partial charge in [-0.15, -0.1) is 0 Å². The van der Waals surface area contributed by atoms with E-state index in [0.29, 0.717) is 6.54 Å². The normalized spacial score (nSPS) is 12.3. The zero-order chi connectivity index (χ0) is 12.3. The molecule has 17 heavy (non-hydrogen) atoms. The Bertz CT molecular complexity index is 507. The number of carboxylic acids is 1. The maximum Gasteiger partial charge on any atom is 0.337 e. The molecule has 0 aliphatic rings. The molecule has 0 spiro atoms. The fraction of sp³-hybridized carbons (Fsp3) is 0.167. The number of hydrogen-bond acceptors (Lipinski definition) is 3. The van der Waals surface area contributed by atoms with Crippen molar-refractivity contribution in [1.29, 1.82) is 0 Å². The molecule has 0 bridgehead atoms. The van der Waals surface area contributed by atoms with Crippen LogP contribution in [0.1, 0.15) is 17.2 Å². The van der Waals surface area contributed by atoms with Gasteiger partial charge in [-0.05, 0) is 5.56 Å². The molecule has 0 saturated heterocycles. The average Bonchev–Trinajstić information content (AvgIpc) is 2.77. The van der Waals surface area contributed by atoms with Crippen molar-refractivity contribution in [1.82, 2.24) is 9.78 Å². The molecule has 1 aromatic heterocycles. The number of aromatic nitrogens is 2. The van der Waals surface area contributed by atoms with Gasteiger partial charge in [0.15, 0.2) is 6.10 Å². The van der Waals surface area contributed by atoms with Gasteiger partial charge in [0, 0.05) is 11.8 Å². The van der Waals surface area contributed by atoms with Gasteiger partial charge in [0.1, 0.15) is 0 Å². The molecule has 1 atom stereocenters. The molecule has 1 unspecified atom stereocenters. The molecule has 0 radical (unpaired) electrons. The van der Waals surface area contributed by atoms with Gasteiger partial charge < -0.3 is 10.2 Å². The molecule has 0 aliphatic carbocycles. The van der Waals surface area contributed by atoms with E-state index in [1.165, 1.54) is 12.4 Å². The maximum absolute atomic E-state index is 10.6. The topological polar surface area (TPSA) is 75.3 Å². The molecule has 0 fully saturated rings. The Morgan fingerprint density at radius 2 is 2.06 bits per heavy atom. The van der Waals surface area contributed by atoms with Crippen LogP contribution in [0.3, 0.4) is 0 Å². The number of aliphatic hydroxyl groups excluding tert-OH is 1. The Morgan fingerprint density at radius 1 is 1.35 bits per heavy atom. The summed E-state index contributed by atoms with van der Waals surface area (Å²) >= 11 is 0. The minimum Gasteiger partial charge on any atom is -0.479 e. The number of nitrogens with zero attached hydrogens (tertiary/aromatic N) is 2. The monoisotopic (exact) mass is 232 g/mol. The Hall–Kier alpha value is -2.14. The number of aliphatic carboxylic acids is 1. The standard InChI is InChI=1S/C12H12N2O3/c15-11(12(16)17)10-6-13-14(8-10)7-9-4-2-1-3-5-9/h1-6,8,11,15H,7H2,(H,16,17). The highest BCUT2D eigenvalue weighted by Gasteiger charge is 2.17. The van der Waals surface area contributed by atoms with Crippen LogP contribution in [-0.2, 0) is 11.3 Å². The van der Waals surface area contributed by atoms with Gasteiger partial charge >= 0.3 is 5.97 Å². The predicted octanol–water partition coefficient (Wildman–Crippen LogP) is 1.05. The van der Waals surface area contributed by atoms with E-state index in [-0.39, 0.29) is 5.56 Å². The number of carboxylic acid groups (broad SMARTS) is 1. The van der Waals surface area contributed by atoms with Crippen LogP contribution in [0.15, 0.2) is 42.7 Å². The van der Waals surface area contributed by atoms with E-state index < -0.39 is 12.1 Å². The van der Waals surface area contributed by atoms with Gasteiger partial charge in [-0.2, -0.15) is 5.10 Å². The van der Waals surface area contributed by atoms with Crippen LogP contribution >= 0.6 is 0 Å². The third kappa shape index (κ3) is 2.70. The van der Waals surface area contributed by atoms with Gasteiger partial charge in [-0.3, -0.25) is 4.68 Å². The molecule has 0 amide bonds. The highest BCUT2D eigenvalue weighted by Crippen LogP contribution is 2.12. The van der Waals surface area contributed by atoms with E-state index in [1.54, 1.807) is 4.68 Å². The van der Waals surface area contributed by atoms with E-state index in [1.807, 2.05) is 30.3 Å². The van der Waals surface area contributed by atoms with E-state index in [9.17, 15) is 9.90 Å². The Labute approximate surface area is 97.9 Å². The smallest absolute Gasteiger partial charge is 0.337 e. The van der Waals surface area contributed by atoms with Crippen molar-refractivity contribution in [2.45, 2.75) is 12.6 Å². The molecule has 0 saturated carbocycles. The first-order valence-corrected chi connectivity index (χ1v) is 5.14. The molecule has 1 heterocycles. The zero-order valence-corrected chi connectivity index (χ0v) is 9.02. The van der Waals surface area contributed by atoms with Gasteiger partial charge in [-0.25, -0.2) is 4.79 Å². The largest absolute Gasteiger partial charge is 0.479 e. The van der Waals surface area contributed by atoms with Crippen molar-refractivity contribution >= 4 is 5.97 Å². The van der Waals surface area contributed by atoms with Crippen molar-refractivity contribution in [3.05, 3.63) is 53.9 Å². The number of carbonyl (C=O) groups is 1. The lowest BCUT2D eigenvalue weighted by atomic mass is 10.2. The van der Waals surface area contributed by atoms with E-state index >= 15 is 0 Å². The molecule has 5 nitrogen and oxygen atoms in total. The summed E-state index contributed by atoms with van der Waals surface area (Å²) in [5.41, 5.74) is 1.35. The van der Waals surface area contributed by atoms with Crippen LogP contribution in [0.4, 0.5) is 0 Å². The summed E-state index contributed by atoms with van der Waals surface area (Å²) in [4.78, 5) is 10.6. The fourth-order valence-corrected chi connectivity index (χ4v) is 1.52. The van der Waals surface area contributed by atoms with Crippen LogP contribution in [0.2, 0.25) is 0 Å². The second-order valence-corrected chi connectivity index (χ2v) is 3.70. The summed E-state index contributed by atoms with van der Waals surface area (Å²) in [6, 6.07) is 9.67. The van der Waals surface area contributed by atoms with E-state index in [4.69, 9.17) is 5.11 Å². The SMILES string of the molecule is O=C(O)C(O)c1cnn(Cc2ccccc2)c1. The van der Waals surface area contributed by atoms with Crippen molar-refractivity contribution in [2.24, 2.45) is 0 Å². The third-order valence-corrected chi connectivity index (χ3v) is 2.39. The molecule has 88 valence electrons.